The number of ether oxygens (including phenoxy) is 1. The topological polar surface area (TPSA) is 67.4 Å². The lowest BCUT2D eigenvalue weighted by Gasteiger charge is -2.16. The lowest BCUT2D eigenvalue weighted by molar-refractivity contribution is 0.384. The second kappa shape index (κ2) is 6.55. The van der Waals surface area contributed by atoms with E-state index < -0.39 is 15.8 Å². The van der Waals surface area contributed by atoms with Crippen LogP contribution in [-0.4, -0.2) is 35.2 Å². The summed E-state index contributed by atoms with van der Waals surface area (Å²) >= 11 is 0. The van der Waals surface area contributed by atoms with Crippen molar-refractivity contribution in [2.45, 2.75) is 18.2 Å². The van der Waals surface area contributed by atoms with Gasteiger partial charge in [0.05, 0.1) is 12.0 Å². The zero-order valence-electron chi connectivity index (χ0n) is 12.1. The molecule has 0 unspecified atom stereocenters. The molecule has 0 bridgehead atoms. The summed E-state index contributed by atoms with van der Waals surface area (Å²) in [7, 11) is -2.40. The molecule has 0 atom stereocenters. The van der Waals surface area contributed by atoms with Crippen molar-refractivity contribution in [3.63, 3.8) is 0 Å². The normalized spacial score (nSPS) is 15.7. The standard InChI is InChI=1S/C14H19FN2O3S/c1-10-13(4-3-12(20-2)14(10)15)21(18,19)17-9-11-5-7-16-8-6-11/h3-5,16-17H,6-9H2,1-2H3. The highest BCUT2D eigenvalue weighted by Gasteiger charge is 2.21. The summed E-state index contributed by atoms with van der Waals surface area (Å²) in [5, 5.41) is 3.16. The molecule has 1 aromatic rings. The van der Waals surface area contributed by atoms with E-state index in [2.05, 4.69) is 10.0 Å². The van der Waals surface area contributed by atoms with Crippen LogP contribution in [0.2, 0.25) is 0 Å². The van der Waals surface area contributed by atoms with Gasteiger partial charge in [0.1, 0.15) is 0 Å². The molecule has 1 aliphatic heterocycles. The van der Waals surface area contributed by atoms with Gasteiger partial charge in [-0.25, -0.2) is 17.5 Å². The second-order valence-electron chi connectivity index (χ2n) is 4.85. The number of hydrogen-bond donors (Lipinski definition) is 2. The van der Waals surface area contributed by atoms with Crippen LogP contribution in [0.25, 0.3) is 0 Å². The molecule has 1 aromatic carbocycles. The van der Waals surface area contributed by atoms with Crippen LogP contribution in [-0.2, 0) is 10.0 Å². The number of nitrogens with one attached hydrogen (secondary N) is 2. The fourth-order valence-electron chi connectivity index (χ4n) is 2.19. The Labute approximate surface area is 124 Å². The Morgan fingerprint density at radius 3 is 2.81 bits per heavy atom. The fraction of sp³-hybridized carbons (Fsp3) is 0.429. The maximum atomic E-state index is 14.0. The largest absolute Gasteiger partial charge is 0.494 e. The summed E-state index contributed by atoms with van der Waals surface area (Å²) in [5.41, 5.74) is 1.09. The monoisotopic (exact) mass is 314 g/mol. The van der Waals surface area contributed by atoms with Crippen molar-refractivity contribution in [2.75, 3.05) is 26.7 Å². The summed E-state index contributed by atoms with van der Waals surface area (Å²) in [6, 6.07) is 2.68. The van der Waals surface area contributed by atoms with E-state index in [0.717, 1.165) is 25.1 Å². The molecule has 0 aliphatic carbocycles. The van der Waals surface area contributed by atoms with Gasteiger partial charge >= 0.3 is 0 Å². The molecular formula is C14H19FN2O3S. The van der Waals surface area contributed by atoms with Crippen molar-refractivity contribution in [1.82, 2.24) is 10.0 Å². The van der Waals surface area contributed by atoms with Crippen molar-refractivity contribution in [3.05, 3.63) is 35.2 Å². The van der Waals surface area contributed by atoms with Gasteiger partial charge in [-0.1, -0.05) is 11.6 Å². The number of benzene rings is 1. The SMILES string of the molecule is COc1ccc(S(=O)(=O)NCC2=CCNCC2)c(C)c1F. The zero-order valence-corrected chi connectivity index (χ0v) is 12.9. The molecule has 2 rings (SSSR count). The van der Waals surface area contributed by atoms with Crippen molar-refractivity contribution < 1.29 is 17.5 Å². The van der Waals surface area contributed by atoms with Gasteiger partial charge in [-0.15, -0.1) is 0 Å². The molecule has 0 aromatic heterocycles. The van der Waals surface area contributed by atoms with E-state index in [9.17, 15) is 12.8 Å². The van der Waals surface area contributed by atoms with Crippen LogP contribution in [0.3, 0.4) is 0 Å². The number of sulfonamides is 1. The molecule has 116 valence electrons. The Bertz CT molecular complexity index is 656. The molecule has 5 nitrogen and oxygen atoms in total. The molecule has 0 saturated heterocycles. The summed E-state index contributed by atoms with van der Waals surface area (Å²) in [4.78, 5) is -0.0599. The fourth-order valence-corrected chi connectivity index (χ4v) is 3.46. The smallest absolute Gasteiger partial charge is 0.241 e. The van der Waals surface area contributed by atoms with E-state index >= 15 is 0 Å². The summed E-state index contributed by atoms with van der Waals surface area (Å²) in [6.45, 7) is 3.25. The lowest BCUT2D eigenvalue weighted by Crippen LogP contribution is -2.30. The number of halogens is 1. The maximum Gasteiger partial charge on any atom is 0.241 e. The van der Waals surface area contributed by atoms with E-state index in [1.165, 1.54) is 26.2 Å². The van der Waals surface area contributed by atoms with Crippen LogP contribution in [0.1, 0.15) is 12.0 Å². The van der Waals surface area contributed by atoms with Gasteiger partial charge in [0.2, 0.25) is 10.0 Å². The number of rotatable bonds is 5. The van der Waals surface area contributed by atoms with Gasteiger partial charge in [0.15, 0.2) is 11.6 Å². The van der Waals surface area contributed by atoms with E-state index in [4.69, 9.17) is 4.74 Å². The maximum absolute atomic E-state index is 14.0. The van der Waals surface area contributed by atoms with Gasteiger partial charge in [0, 0.05) is 18.7 Å². The predicted octanol–water partition coefficient (Wildman–Crippen LogP) is 1.34. The van der Waals surface area contributed by atoms with Crippen molar-refractivity contribution in [2.24, 2.45) is 0 Å². The molecular weight excluding hydrogens is 295 g/mol. The Kier molecular flexibility index (Phi) is 4.97. The van der Waals surface area contributed by atoms with Gasteiger partial charge in [-0.05, 0) is 32.0 Å². The summed E-state index contributed by atoms with van der Waals surface area (Å²) in [5.74, 6) is -0.617. The molecule has 0 fully saturated rings. The highest BCUT2D eigenvalue weighted by molar-refractivity contribution is 7.89. The first-order valence-electron chi connectivity index (χ1n) is 6.67. The Balaban J connectivity index is 2.19. The average Bonchev–Trinajstić information content (AvgIpc) is 2.49. The number of methoxy groups -OCH3 is 1. The second-order valence-corrected chi connectivity index (χ2v) is 6.58. The first-order valence-corrected chi connectivity index (χ1v) is 8.15. The third kappa shape index (κ3) is 3.61. The molecule has 1 aliphatic rings. The van der Waals surface area contributed by atoms with Crippen molar-refractivity contribution in [3.8, 4) is 5.75 Å². The molecule has 21 heavy (non-hydrogen) atoms. The van der Waals surface area contributed by atoms with Crippen LogP contribution in [0, 0.1) is 12.7 Å². The first kappa shape index (κ1) is 15.9. The summed E-state index contributed by atoms with van der Waals surface area (Å²) < 4.78 is 45.9. The highest BCUT2D eigenvalue weighted by Crippen LogP contribution is 2.25. The van der Waals surface area contributed by atoms with Crippen LogP contribution < -0.4 is 14.8 Å². The van der Waals surface area contributed by atoms with E-state index in [-0.39, 0.29) is 22.8 Å². The molecule has 0 saturated carbocycles. The average molecular weight is 314 g/mol. The Morgan fingerprint density at radius 1 is 1.43 bits per heavy atom. The lowest BCUT2D eigenvalue weighted by atomic mass is 10.1. The minimum atomic E-state index is -3.74. The predicted molar refractivity (Wildman–Crippen MR) is 78.4 cm³/mol. The molecule has 1 heterocycles. The van der Waals surface area contributed by atoms with Crippen molar-refractivity contribution in [1.29, 1.82) is 0 Å². The Hall–Kier alpha value is -1.44. The van der Waals surface area contributed by atoms with Gasteiger partial charge < -0.3 is 10.1 Å². The van der Waals surface area contributed by atoms with Gasteiger partial charge in [-0.2, -0.15) is 0 Å². The highest BCUT2D eigenvalue weighted by atomic mass is 32.2. The minimum absolute atomic E-state index is 0.0347. The van der Waals surface area contributed by atoms with Crippen LogP contribution in [0.15, 0.2) is 28.7 Å². The molecule has 0 radical (unpaired) electrons. The van der Waals surface area contributed by atoms with E-state index in [1.54, 1.807) is 0 Å². The summed E-state index contributed by atoms with van der Waals surface area (Å²) in [6.07, 6.45) is 2.77. The van der Waals surface area contributed by atoms with Gasteiger partial charge in [-0.3, -0.25) is 0 Å². The van der Waals surface area contributed by atoms with E-state index in [0.29, 0.717) is 0 Å². The minimum Gasteiger partial charge on any atom is -0.494 e. The van der Waals surface area contributed by atoms with Gasteiger partial charge in [0.25, 0.3) is 0 Å². The zero-order chi connectivity index (χ0) is 15.5. The molecule has 7 heteroatoms. The molecule has 0 spiro atoms. The number of hydrogen-bond acceptors (Lipinski definition) is 4. The van der Waals surface area contributed by atoms with Crippen LogP contribution in [0.5, 0.6) is 5.75 Å². The Morgan fingerprint density at radius 2 is 2.19 bits per heavy atom. The molecule has 2 N–H and O–H groups in total. The van der Waals surface area contributed by atoms with Crippen LogP contribution in [0.4, 0.5) is 4.39 Å². The van der Waals surface area contributed by atoms with Crippen LogP contribution >= 0.6 is 0 Å². The van der Waals surface area contributed by atoms with E-state index in [1.807, 2.05) is 6.08 Å². The van der Waals surface area contributed by atoms with Crippen molar-refractivity contribution >= 4 is 10.0 Å². The first-order chi connectivity index (χ1) is 9.95. The quantitative estimate of drug-likeness (QED) is 0.805. The third-order valence-corrected chi connectivity index (χ3v) is 5.00. The third-order valence-electron chi connectivity index (χ3n) is 3.46. The molecule has 0 amide bonds.